The Morgan fingerprint density at radius 2 is 1.75 bits per heavy atom. The van der Waals surface area contributed by atoms with Crippen molar-refractivity contribution in [1.29, 1.82) is 5.26 Å². The highest BCUT2D eigenvalue weighted by Gasteiger charge is 2.31. The molecule has 0 bridgehead atoms. The average molecular weight is 388 g/mol. The smallest absolute Gasteiger partial charge is 0.369 e. The molecular formula is C20H19F3N4O. The Kier molecular flexibility index (Phi) is 5.85. The summed E-state index contributed by atoms with van der Waals surface area (Å²) in [5, 5.41) is 11.6. The fraction of sp³-hybridized carbons (Fsp3) is 0.300. The van der Waals surface area contributed by atoms with Gasteiger partial charge in [0.25, 0.3) is 0 Å². The predicted octanol–water partition coefficient (Wildman–Crippen LogP) is 3.34. The molecule has 1 amide bonds. The first-order chi connectivity index (χ1) is 13.3. The van der Waals surface area contributed by atoms with Crippen LogP contribution in [-0.2, 0) is 11.0 Å². The number of alkyl halides is 3. The summed E-state index contributed by atoms with van der Waals surface area (Å²) >= 11 is 0. The van der Waals surface area contributed by atoms with Crippen molar-refractivity contribution in [3.8, 4) is 6.07 Å². The van der Waals surface area contributed by atoms with Crippen molar-refractivity contribution in [1.82, 2.24) is 4.90 Å². The van der Waals surface area contributed by atoms with Gasteiger partial charge < -0.3 is 10.2 Å². The maximum Gasteiger partial charge on any atom is 0.416 e. The zero-order valence-corrected chi connectivity index (χ0v) is 15.0. The molecule has 2 aromatic carbocycles. The highest BCUT2D eigenvalue weighted by Crippen LogP contribution is 2.31. The number of benzene rings is 2. The summed E-state index contributed by atoms with van der Waals surface area (Å²) in [6.45, 7) is 2.46. The first-order valence-corrected chi connectivity index (χ1v) is 8.80. The number of piperazine rings is 1. The highest BCUT2D eigenvalue weighted by atomic mass is 19.4. The number of rotatable bonds is 4. The number of carbonyl (C=O) groups is 1. The van der Waals surface area contributed by atoms with Gasteiger partial charge in [-0.3, -0.25) is 9.69 Å². The van der Waals surface area contributed by atoms with Crippen molar-refractivity contribution in [3.63, 3.8) is 0 Å². The monoisotopic (exact) mass is 388 g/mol. The summed E-state index contributed by atoms with van der Waals surface area (Å²) < 4.78 is 38.6. The van der Waals surface area contributed by atoms with Gasteiger partial charge in [-0.1, -0.05) is 6.07 Å². The van der Waals surface area contributed by atoms with Crippen molar-refractivity contribution in [2.45, 2.75) is 6.18 Å². The first-order valence-electron chi connectivity index (χ1n) is 8.80. The Bertz CT molecular complexity index is 866. The van der Waals surface area contributed by atoms with E-state index in [0.29, 0.717) is 43.1 Å². The largest absolute Gasteiger partial charge is 0.416 e. The topological polar surface area (TPSA) is 59.4 Å². The van der Waals surface area contributed by atoms with E-state index in [2.05, 4.69) is 5.32 Å². The Labute approximate surface area is 161 Å². The van der Waals surface area contributed by atoms with Crippen LogP contribution in [-0.4, -0.2) is 43.5 Å². The van der Waals surface area contributed by atoms with Crippen LogP contribution in [0, 0.1) is 11.3 Å². The molecule has 2 aromatic rings. The van der Waals surface area contributed by atoms with Crippen LogP contribution in [0.2, 0.25) is 0 Å². The Morgan fingerprint density at radius 1 is 1.07 bits per heavy atom. The number of hydrogen-bond acceptors (Lipinski definition) is 4. The molecule has 1 fully saturated rings. The molecule has 1 N–H and O–H groups in total. The van der Waals surface area contributed by atoms with Gasteiger partial charge in [-0.25, -0.2) is 0 Å². The van der Waals surface area contributed by atoms with Gasteiger partial charge in [-0.2, -0.15) is 18.4 Å². The third-order valence-electron chi connectivity index (χ3n) is 4.58. The fourth-order valence-corrected chi connectivity index (χ4v) is 3.07. The van der Waals surface area contributed by atoms with Gasteiger partial charge in [0.2, 0.25) is 5.91 Å². The minimum Gasteiger partial charge on any atom is -0.369 e. The number of nitriles is 1. The van der Waals surface area contributed by atoms with Crippen LogP contribution in [0.5, 0.6) is 0 Å². The number of carbonyl (C=O) groups excluding carboxylic acids is 1. The van der Waals surface area contributed by atoms with Crippen LogP contribution in [0.25, 0.3) is 0 Å². The summed E-state index contributed by atoms with van der Waals surface area (Å²) in [4.78, 5) is 16.0. The van der Waals surface area contributed by atoms with E-state index in [0.717, 1.165) is 12.1 Å². The van der Waals surface area contributed by atoms with Gasteiger partial charge in [0.05, 0.1) is 23.7 Å². The summed E-state index contributed by atoms with van der Waals surface area (Å²) in [5.41, 5.74) is 1.01. The molecule has 3 rings (SSSR count). The Hall–Kier alpha value is -3.05. The zero-order valence-electron chi connectivity index (χ0n) is 15.0. The minimum atomic E-state index is -4.36. The van der Waals surface area contributed by atoms with Crippen molar-refractivity contribution in [2.75, 3.05) is 42.9 Å². The maximum atomic E-state index is 12.9. The molecule has 1 aliphatic heterocycles. The summed E-state index contributed by atoms with van der Waals surface area (Å²) in [7, 11) is 0. The molecule has 1 heterocycles. The Balaban J connectivity index is 1.51. The van der Waals surface area contributed by atoms with E-state index < -0.39 is 11.7 Å². The lowest BCUT2D eigenvalue weighted by atomic mass is 10.1. The van der Waals surface area contributed by atoms with Crippen LogP contribution >= 0.6 is 0 Å². The molecule has 0 saturated carbocycles. The lowest BCUT2D eigenvalue weighted by Crippen LogP contribution is -2.48. The number of halogens is 3. The molecule has 1 aliphatic rings. The van der Waals surface area contributed by atoms with Gasteiger partial charge >= 0.3 is 6.18 Å². The normalized spacial score (nSPS) is 15.1. The molecule has 0 aromatic heterocycles. The lowest BCUT2D eigenvalue weighted by molar-refractivity contribution is -0.137. The summed E-state index contributed by atoms with van der Waals surface area (Å²) in [5.74, 6) is -0.169. The van der Waals surface area contributed by atoms with Crippen LogP contribution in [0.1, 0.15) is 11.1 Å². The van der Waals surface area contributed by atoms with E-state index >= 15 is 0 Å². The van der Waals surface area contributed by atoms with Crippen LogP contribution in [0.4, 0.5) is 24.5 Å². The maximum absolute atomic E-state index is 12.9. The number of hydrogen-bond donors (Lipinski definition) is 1. The third-order valence-corrected chi connectivity index (χ3v) is 4.58. The van der Waals surface area contributed by atoms with E-state index in [1.54, 1.807) is 30.3 Å². The number of nitrogens with zero attached hydrogens (tertiary/aromatic N) is 3. The molecule has 0 aliphatic carbocycles. The standard InChI is InChI=1S/C20H19F3N4O/c21-20(22,23)16-2-1-3-18(12-16)27-10-8-26(9-11-27)14-19(28)25-17-6-4-15(13-24)5-7-17/h1-7,12H,8-11,14H2,(H,25,28). The van der Waals surface area contributed by atoms with Crippen molar-refractivity contribution >= 4 is 17.3 Å². The van der Waals surface area contributed by atoms with Crippen molar-refractivity contribution in [2.24, 2.45) is 0 Å². The number of nitrogens with one attached hydrogen (secondary N) is 1. The second-order valence-corrected chi connectivity index (χ2v) is 6.55. The molecule has 0 radical (unpaired) electrons. The first kappa shape index (κ1) is 19.7. The molecule has 1 saturated heterocycles. The van der Waals surface area contributed by atoms with E-state index in [-0.39, 0.29) is 12.5 Å². The van der Waals surface area contributed by atoms with Crippen LogP contribution in [0.3, 0.4) is 0 Å². The van der Waals surface area contributed by atoms with E-state index in [1.165, 1.54) is 6.07 Å². The number of anilines is 2. The lowest BCUT2D eigenvalue weighted by Gasteiger charge is -2.36. The molecule has 5 nitrogen and oxygen atoms in total. The van der Waals surface area contributed by atoms with E-state index in [4.69, 9.17) is 5.26 Å². The summed E-state index contributed by atoms with van der Waals surface area (Å²) in [6, 6.07) is 13.9. The van der Waals surface area contributed by atoms with Crippen molar-refractivity contribution in [3.05, 3.63) is 59.7 Å². The Morgan fingerprint density at radius 3 is 2.36 bits per heavy atom. The molecule has 146 valence electrons. The van der Waals surface area contributed by atoms with Gasteiger partial charge in [0, 0.05) is 37.6 Å². The van der Waals surface area contributed by atoms with E-state index in [9.17, 15) is 18.0 Å². The molecule has 0 spiro atoms. The van der Waals surface area contributed by atoms with Crippen molar-refractivity contribution < 1.29 is 18.0 Å². The molecule has 0 unspecified atom stereocenters. The van der Waals surface area contributed by atoms with Crippen LogP contribution < -0.4 is 10.2 Å². The quantitative estimate of drug-likeness (QED) is 0.873. The van der Waals surface area contributed by atoms with Gasteiger partial charge in [-0.15, -0.1) is 0 Å². The SMILES string of the molecule is N#Cc1ccc(NC(=O)CN2CCN(c3cccc(C(F)(F)F)c3)CC2)cc1. The molecule has 28 heavy (non-hydrogen) atoms. The molecule has 8 heteroatoms. The van der Waals surface area contributed by atoms with Gasteiger partial charge in [-0.05, 0) is 42.5 Å². The fourth-order valence-electron chi connectivity index (χ4n) is 3.07. The van der Waals surface area contributed by atoms with Gasteiger partial charge in [0.1, 0.15) is 0 Å². The average Bonchev–Trinajstić information content (AvgIpc) is 2.68. The summed E-state index contributed by atoms with van der Waals surface area (Å²) in [6.07, 6.45) is -4.36. The highest BCUT2D eigenvalue weighted by molar-refractivity contribution is 5.92. The number of amides is 1. The minimum absolute atomic E-state index is 0.169. The second-order valence-electron chi connectivity index (χ2n) is 6.55. The molecule has 0 atom stereocenters. The second kappa shape index (κ2) is 8.31. The third kappa shape index (κ3) is 5.02. The van der Waals surface area contributed by atoms with Gasteiger partial charge in [0.15, 0.2) is 0 Å². The molecular weight excluding hydrogens is 369 g/mol. The zero-order chi connectivity index (χ0) is 20.1. The predicted molar refractivity (Wildman–Crippen MR) is 99.9 cm³/mol. The van der Waals surface area contributed by atoms with Crippen LogP contribution in [0.15, 0.2) is 48.5 Å². The van der Waals surface area contributed by atoms with E-state index in [1.807, 2.05) is 15.9 Å².